The molecule has 4 aromatic rings. The number of amides is 3. The van der Waals surface area contributed by atoms with Crippen molar-refractivity contribution in [3.05, 3.63) is 122 Å². The Balaban J connectivity index is 1.59. The van der Waals surface area contributed by atoms with Crippen molar-refractivity contribution >= 4 is 40.4 Å². The molecule has 0 radical (unpaired) electrons. The van der Waals surface area contributed by atoms with Crippen LogP contribution < -0.4 is 9.64 Å². The van der Waals surface area contributed by atoms with Gasteiger partial charge in [-0.3, -0.25) is 19.7 Å². The molecule has 3 aromatic carbocycles. The Bertz CT molecular complexity index is 1800. The lowest BCUT2D eigenvalue weighted by Gasteiger charge is -2.28. The third-order valence-electron chi connectivity index (χ3n) is 7.87. The Morgan fingerprint density at radius 1 is 1.02 bits per heavy atom. The number of rotatable bonds is 7. The summed E-state index contributed by atoms with van der Waals surface area (Å²) in [6, 6.07) is 17.9. The first-order chi connectivity index (χ1) is 20.7. The molecule has 0 spiro atoms. The second kappa shape index (κ2) is 10.8. The standard InChI is InChI=1S/C31H21FN4O6S/c1-42-23-13-8-19(15-22(23)36(40)41)27-26(29(37)24-3-2-14-43-24)25(18-6-4-17(16-33)5-7-18)28-30(38)34(31(39)35(27)28)21-11-9-20(32)10-12-21/h2-15,25-28H,1H3. The number of halogens is 1. The lowest BCUT2D eigenvalue weighted by molar-refractivity contribution is -0.385. The molecule has 3 amide bonds. The summed E-state index contributed by atoms with van der Waals surface area (Å²) in [5.41, 5.74) is 0.949. The quantitative estimate of drug-likeness (QED) is 0.113. The van der Waals surface area contributed by atoms with Gasteiger partial charge in [0.15, 0.2) is 11.5 Å². The van der Waals surface area contributed by atoms with Crippen molar-refractivity contribution in [2.75, 3.05) is 12.0 Å². The van der Waals surface area contributed by atoms with Gasteiger partial charge in [0, 0.05) is 12.0 Å². The van der Waals surface area contributed by atoms with E-state index in [4.69, 9.17) is 4.74 Å². The van der Waals surface area contributed by atoms with Crippen molar-refractivity contribution in [3.8, 4) is 11.8 Å². The first-order valence-electron chi connectivity index (χ1n) is 13.1. The highest BCUT2D eigenvalue weighted by Crippen LogP contribution is 2.55. The monoisotopic (exact) mass is 596 g/mol. The van der Waals surface area contributed by atoms with Crippen LogP contribution in [0.3, 0.4) is 0 Å². The van der Waals surface area contributed by atoms with E-state index in [0.717, 1.165) is 17.0 Å². The minimum absolute atomic E-state index is 0.00941. The number of ether oxygens (including phenoxy) is 1. The Kier molecular flexibility index (Phi) is 6.95. The van der Waals surface area contributed by atoms with Gasteiger partial charge < -0.3 is 9.64 Å². The first-order valence-corrected chi connectivity index (χ1v) is 13.9. The minimum Gasteiger partial charge on any atom is -0.490 e. The van der Waals surface area contributed by atoms with Gasteiger partial charge in [0.05, 0.1) is 46.2 Å². The Labute approximate surface area is 248 Å². The summed E-state index contributed by atoms with van der Waals surface area (Å²) in [5.74, 6) is -3.42. The molecule has 6 rings (SSSR count). The molecule has 3 heterocycles. The summed E-state index contributed by atoms with van der Waals surface area (Å²) < 4.78 is 18.9. The molecular weight excluding hydrogens is 575 g/mol. The number of thiophene rings is 1. The predicted octanol–water partition coefficient (Wildman–Crippen LogP) is 5.85. The fourth-order valence-electron chi connectivity index (χ4n) is 6.05. The SMILES string of the molecule is COc1ccc(C2C(C(=O)c3cccs3)C(c3ccc(C#N)cc3)C3C(=O)N(c4ccc(F)cc4)C(=O)N32)cc1[N+](=O)[O-]. The van der Waals surface area contributed by atoms with E-state index >= 15 is 0 Å². The van der Waals surface area contributed by atoms with Gasteiger partial charge in [0.25, 0.3) is 5.91 Å². The number of nitro benzene ring substituents is 1. The molecule has 4 unspecified atom stereocenters. The number of anilines is 1. The number of imide groups is 1. The molecule has 2 aliphatic rings. The maximum absolute atomic E-state index is 14.3. The molecule has 4 atom stereocenters. The van der Waals surface area contributed by atoms with E-state index < -0.39 is 46.6 Å². The van der Waals surface area contributed by atoms with E-state index in [9.17, 15) is 34.2 Å². The molecule has 214 valence electrons. The van der Waals surface area contributed by atoms with Crippen molar-refractivity contribution in [1.82, 2.24) is 4.90 Å². The van der Waals surface area contributed by atoms with Crippen LogP contribution >= 0.6 is 11.3 Å². The summed E-state index contributed by atoms with van der Waals surface area (Å²) >= 11 is 1.21. The number of nitro groups is 1. The number of benzene rings is 3. The number of nitrogens with zero attached hydrogens (tertiary/aromatic N) is 4. The van der Waals surface area contributed by atoms with Gasteiger partial charge in [-0.15, -0.1) is 11.3 Å². The van der Waals surface area contributed by atoms with Crippen LogP contribution in [-0.2, 0) is 4.79 Å². The zero-order chi connectivity index (χ0) is 30.4. The van der Waals surface area contributed by atoms with E-state index in [1.165, 1.54) is 47.6 Å². The van der Waals surface area contributed by atoms with Crippen LogP contribution in [0.2, 0.25) is 0 Å². The highest BCUT2D eigenvalue weighted by molar-refractivity contribution is 7.12. The average molecular weight is 597 g/mol. The van der Waals surface area contributed by atoms with Gasteiger partial charge in [-0.1, -0.05) is 24.3 Å². The van der Waals surface area contributed by atoms with Crippen LogP contribution in [0.25, 0.3) is 0 Å². The molecule has 1 aromatic heterocycles. The van der Waals surface area contributed by atoms with E-state index in [-0.39, 0.29) is 28.5 Å². The molecule has 0 saturated carbocycles. The molecular formula is C31H21FN4O6S. The number of ketones is 1. The van der Waals surface area contributed by atoms with Crippen LogP contribution in [0.15, 0.2) is 84.2 Å². The number of hydrogen-bond acceptors (Lipinski definition) is 8. The second-order valence-electron chi connectivity index (χ2n) is 10.0. The van der Waals surface area contributed by atoms with Gasteiger partial charge >= 0.3 is 11.7 Å². The molecule has 2 aliphatic heterocycles. The summed E-state index contributed by atoms with van der Waals surface area (Å²) in [5, 5.41) is 23.1. The van der Waals surface area contributed by atoms with Gasteiger partial charge in [-0.25, -0.2) is 14.1 Å². The van der Waals surface area contributed by atoms with E-state index in [2.05, 4.69) is 0 Å². The van der Waals surface area contributed by atoms with Crippen LogP contribution in [-0.4, -0.2) is 40.7 Å². The van der Waals surface area contributed by atoms with Crippen molar-refractivity contribution < 1.29 is 28.4 Å². The topological polar surface area (TPSA) is 134 Å². The average Bonchev–Trinajstić information content (AvgIpc) is 3.74. The van der Waals surface area contributed by atoms with Crippen molar-refractivity contribution in [2.24, 2.45) is 5.92 Å². The number of carbonyl (C=O) groups excluding carboxylic acids is 3. The van der Waals surface area contributed by atoms with Crippen molar-refractivity contribution in [3.63, 3.8) is 0 Å². The number of carbonyl (C=O) groups is 3. The normalized spacial score (nSPS) is 21.0. The maximum Gasteiger partial charge on any atom is 0.332 e. The van der Waals surface area contributed by atoms with Crippen LogP contribution in [0.5, 0.6) is 5.75 Å². The highest BCUT2D eigenvalue weighted by atomic mass is 32.1. The lowest BCUT2D eigenvalue weighted by Crippen LogP contribution is -2.38. The third kappa shape index (κ3) is 4.50. The van der Waals surface area contributed by atoms with Gasteiger partial charge in [-0.2, -0.15) is 5.26 Å². The van der Waals surface area contributed by atoms with Gasteiger partial charge in [0.2, 0.25) is 0 Å². The Hall–Kier alpha value is -5.41. The number of urea groups is 1. The zero-order valence-corrected chi connectivity index (χ0v) is 23.2. The Morgan fingerprint density at radius 2 is 1.72 bits per heavy atom. The highest BCUT2D eigenvalue weighted by Gasteiger charge is 2.63. The van der Waals surface area contributed by atoms with Crippen LogP contribution in [0.1, 0.15) is 38.3 Å². The summed E-state index contributed by atoms with van der Waals surface area (Å²) in [6.07, 6.45) is 0. The third-order valence-corrected chi connectivity index (χ3v) is 8.75. The summed E-state index contributed by atoms with van der Waals surface area (Å²) in [6.45, 7) is 0. The number of nitriles is 1. The molecule has 12 heteroatoms. The van der Waals surface area contributed by atoms with E-state index in [1.807, 2.05) is 6.07 Å². The molecule has 43 heavy (non-hydrogen) atoms. The van der Waals surface area contributed by atoms with Crippen molar-refractivity contribution in [2.45, 2.75) is 18.0 Å². The lowest BCUT2D eigenvalue weighted by atomic mass is 9.76. The molecule has 0 bridgehead atoms. The van der Waals surface area contributed by atoms with E-state index in [0.29, 0.717) is 16.0 Å². The van der Waals surface area contributed by atoms with Crippen molar-refractivity contribution in [1.29, 1.82) is 5.26 Å². The molecule has 10 nitrogen and oxygen atoms in total. The number of fused-ring (bicyclic) bond motifs is 1. The number of methoxy groups -OCH3 is 1. The smallest absolute Gasteiger partial charge is 0.332 e. The number of Topliss-reactive ketones (excluding diaryl/α,β-unsaturated/α-hetero) is 1. The first kappa shape index (κ1) is 27.7. The molecule has 0 N–H and O–H groups in total. The fraction of sp³-hybridized carbons (Fsp3) is 0.161. The van der Waals surface area contributed by atoms with Crippen LogP contribution in [0.4, 0.5) is 20.6 Å². The summed E-state index contributed by atoms with van der Waals surface area (Å²) in [4.78, 5) is 56.6. The largest absolute Gasteiger partial charge is 0.490 e. The van der Waals surface area contributed by atoms with E-state index in [1.54, 1.807) is 47.8 Å². The van der Waals surface area contributed by atoms with Gasteiger partial charge in [-0.05, 0) is 65.0 Å². The minimum atomic E-state index is -1.18. The molecule has 2 saturated heterocycles. The second-order valence-corrected chi connectivity index (χ2v) is 11.0. The zero-order valence-electron chi connectivity index (χ0n) is 22.4. The maximum atomic E-state index is 14.3. The number of hydrogen-bond donors (Lipinski definition) is 0. The summed E-state index contributed by atoms with van der Waals surface area (Å²) in [7, 11) is 1.29. The van der Waals surface area contributed by atoms with Crippen LogP contribution in [0, 0.1) is 33.2 Å². The fourth-order valence-corrected chi connectivity index (χ4v) is 6.77. The Morgan fingerprint density at radius 3 is 2.33 bits per heavy atom. The predicted molar refractivity (Wildman–Crippen MR) is 153 cm³/mol. The molecule has 2 fully saturated rings. The van der Waals surface area contributed by atoms with Gasteiger partial charge in [0.1, 0.15) is 11.9 Å². The molecule has 0 aliphatic carbocycles.